The van der Waals surface area contributed by atoms with Crippen LogP contribution in [0.1, 0.15) is 19.8 Å². The molecule has 0 aromatic heterocycles. The number of ether oxygens (including phenoxy) is 1. The summed E-state index contributed by atoms with van der Waals surface area (Å²) in [5.74, 6) is -0.341. The first-order valence-corrected chi connectivity index (χ1v) is 6.22. The highest BCUT2D eigenvalue weighted by Gasteiger charge is 2.08. The predicted molar refractivity (Wildman–Crippen MR) is 67.4 cm³/mol. The lowest BCUT2D eigenvalue weighted by Crippen LogP contribution is -2.43. The van der Waals surface area contributed by atoms with Crippen molar-refractivity contribution in [1.29, 1.82) is 0 Å². The lowest BCUT2D eigenvalue weighted by atomic mass is 10.2. The number of hydrogen-bond donors (Lipinski definition) is 2. The maximum atomic E-state index is 11.1. The maximum Gasteiger partial charge on any atom is 0.332 e. The summed E-state index contributed by atoms with van der Waals surface area (Å²) in [6.45, 7) is 7.64. The van der Waals surface area contributed by atoms with Crippen LogP contribution in [0.25, 0.3) is 0 Å². The van der Waals surface area contributed by atoms with Gasteiger partial charge in [-0.15, -0.1) is 0 Å². The quantitative estimate of drug-likeness (QED) is 0.391. The van der Waals surface area contributed by atoms with Crippen molar-refractivity contribution in [2.45, 2.75) is 19.8 Å². The Morgan fingerprint density at radius 1 is 1.41 bits per heavy atom. The van der Waals surface area contributed by atoms with Crippen LogP contribution in [0.15, 0.2) is 11.8 Å². The first-order chi connectivity index (χ1) is 8.18. The number of rotatable bonds is 6. The molecule has 0 saturated carbocycles. The van der Waals surface area contributed by atoms with Gasteiger partial charge < -0.3 is 20.7 Å². The van der Waals surface area contributed by atoms with Gasteiger partial charge >= 0.3 is 5.97 Å². The zero-order valence-electron chi connectivity index (χ0n) is 10.6. The Morgan fingerprint density at radius 3 is 2.76 bits per heavy atom. The Hall–Kier alpha value is -1.07. The van der Waals surface area contributed by atoms with Crippen LogP contribution < -0.4 is 11.1 Å². The molecule has 17 heavy (non-hydrogen) atoms. The van der Waals surface area contributed by atoms with Gasteiger partial charge in [-0.1, -0.05) is 0 Å². The van der Waals surface area contributed by atoms with E-state index in [4.69, 9.17) is 10.5 Å². The highest BCUT2D eigenvalue weighted by atomic mass is 16.5. The molecule has 1 saturated heterocycles. The Labute approximate surface area is 103 Å². The molecule has 0 aromatic rings. The molecule has 0 spiro atoms. The van der Waals surface area contributed by atoms with E-state index < -0.39 is 0 Å². The monoisotopic (exact) mass is 241 g/mol. The van der Waals surface area contributed by atoms with Crippen molar-refractivity contribution < 1.29 is 9.53 Å². The zero-order valence-corrected chi connectivity index (χ0v) is 10.6. The van der Waals surface area contributed by atoms with E-state index in [1.807, 2.05) is 0 Å². The van der Waals surface area contributed by atoms with Gasteiger partial charge in [-0.05, 0) is 26.3 Å². The predicted octanol–water partition coefficient (Wildman–Crippen LogP) is 0.0775. The van der Waals surface area contributed by atoms with Crippen molar-refractivity contribution in [3.05, 3.63) is 11.8 Å². The molecule has 0 radical (unpaired) electrons. The molecule has 0 atom stereocenters. The lowest BCUT2D eigenvalue weighted by molar-refractivity contribution is -0.137. The van der Waals surface area contributed by atoms with Crippen molar-refractivity contribution >= 4 is 5.97 Å². The Bertz CT molecular complexity index is 256. The van der Waals surface area contributed by atoms with Crippen LogP contribution in [-0.4, -0.2) is 50.2 Å². The third-order valence-electron chi connectivity index (χ3n) is 2.67. The summed E-state index contributed by atoms with van der Waals surface area (Å²) >= 11 is 0. The number of unbranched alkanes of at least 4 members (excludes halogenated alkanes) is 1. The molecule has 3 N–H and O–H groups in total. The molecular weight excluding hydrogens is 218 g/mol. The van der Waals surface area contributed by atoms with Crippen molar-refractivity contribution in [3.63, 3.8) is 0 Å². The molecule has 1 aliphatic heterocycles. The van der Waals surface area contributed by atoms with Gasteiger partial charge in [0.25, 0.3) is 0 Å². The second-order valence-electron chi connectivity index (χ2n) is 4.35. The molecule has 5 heteroatoms. The van der Waals surface area contributed by atoms with Crippen molar-refractivity contribution in [3.8, 4) is 0 Å². The van der Waals surface area contributed by atoms with Gasteiger partial charge in [0.15, 0.2) is 0 Å². The van der Waals surface area contributed by atoms with E-state index in [0.29, 0.717) is 12.3 Å². The summed E-state index contributed by atoms with van der Waals surface area (Å²) in [7, 11) is 0. The van der Waals surface area contributed by atoms with Gasteiger partial charge in [0.2, 0.25) is 0 Å². The molecule has 1 rings (SSSR count). The summed E-state index contributed by atoms with van der Waals surface area (Å²) in [5.41, 5.74) is 5.85. The van der Waals surface area contributed by atoms with Crippen LogP contribution in [-0.2, 0) is 9.53 Å². The van der Waals surface area contributed by atoms with Gasteiger partial charge in [-0.25, -0.2) is 4.79 Å². The average Bonchev–Trinajstić information content (AvgIpc) is 2.29. The fraction of sp³-hybridized carbons (Fsp3) is 0.750. The fourth-order valence-corrected chi connectivity index (χ4v) is 1.77. The number of allylic oxidation sites excluding steroid dienone is 1. The second kappa shape index (κ2) is 8.08. The smallest absolute Gasteiger partial charge is 0.332 e. The highest BCUT2D eigenvalue weighted by molar-refractivity contribution is 5.82. The van der Waals surface area contributed by atoms with Crippen LogP contribution in [0.4, 0.5) is 0 Å². The molecule has 0 aromatic carbocycles. The standard InChI is InChI=1S/C12H23N3O2/c1-11(13)10-12(16)17-9-3-2-6-15-7-4-14-5-8-15/h10,14H,2-9,13H2,1H3. The first-order valence-electron chi connectivity index (χ1n) is 6.22. The van der Waals surface area contributed by atoms with Crippen LogP contribution in [0.2, 0.25) is 0 Å². The molecule has 0 unspecified atom stereocenters. The molecular formula is C12H23N3O2. The van der Waals surface area contributed by atoms with Gasteiger partial charge in [-0.3, -0.25) is 0 Å². The van der Waals surface area contributed by atoms with Crippen molar-refractivity contribution in [1.82, 2.24) is 10.2 Å². The van der Waals surface area contributed by atoms with Gasteiger partial charge in [-0.2, -0.15) is 0 Å². The number of hydrogen-bond acceptors (Lipinski definition) is 5. The Balaban J connectivity index is 1.97. The van der Waals surface area contributed by atoms with E-state index in [9.17, 15) is 4.79 Å². The number of nitrogens with one attached hydrogen (secondary N) is 1. The van der Waals surface area contributed by atoms with Gasteiger partial charge in [0, 0.05) is 38.0 Å². The normalized spacial score (nSPS) is 18.1. The molecule has 0 bridgehead atoms. The largest absolute Gasteiger partial charge is 0.462 e. The van der Waals surface area contributed by atoms with Gasteiger partial charge in [0.1, 0.15) is 0 Å². The van der Waals surface area contributed by atoms with Crippen LogP contribution in [0.3, 0.4) is 0 Å². The molecule has 0 aliphatic carbocycles. The van der Waals surface area contributed by atoms with Crippen molar-refractivity contribution in [2.75, 3.05) is 39.3 Å². The third-order valence-corrected chi connectivity index (χ3v) is 2.67. The zero-order chi connectivity index (χ0) is 12.5. The molecule has 1 heterocycles. The highest BCUT2D eigenvalue weighted by Crippen LogP contribution is 1.98. The first kappa shape index (κ1) is 14.0. The number of piperazine rings is 1. The topological polar surface area (TPSA) is 67.6 Å². The van der Waals surface area contributed by atoms with E-state index in [1.54, 1.807) is 6.92 Å². The third kappa shape index (κ3) is 6.97. The number of carbonyl (C=O) groups excluding carboxylic acids is 1. The van der Waals surface area contributed by atoms with E-state index in [-0.39, 0.29) is 5.97 Å². The molecule has 5 nitrogen and oxygen atoms in total. The average molecular weight is 241 g/mol. The summed E-state index contributed by atoms with van der Waals surface area (Å²) in [6, 6.07) is 0. The number of carbonyl (C=O) groups is 1. The Morgan fingerprint density at radius 2 is 2.12 bits per heavy atom. The number of esters is 1. The SMILES string of the molecule is CC(N)=CC(=O)OCCCCN1CCNCC1. The van der Waals surface area contributed by atoms with E-state index in [0.717, 1.165) is 45.6 Å². The van der Waals surface area contributed by atoms with Crippen LogP contribution >= 0.6 is 0 Å². The van der Waals surface area contributed by atoms with Crippen LogP contribution in [0.5, 0.6) is 0 Å². The molecule has 98 valence electrons. The summed E-state index contributed by atoms with van der Waals surface area (Å²) < 4.78 is 5.02. The maximum absolute atomic E-state index is 11.1. The van der Waals surface area contributed by atoms with Gasteiger partial charge in [0.05, 0.1) is 6.61 Å². The van der Waals surface area contributed by atoms with E-state index in [1.165, 1.54) is 6.08 Å². The lowest BCUT2D eigenvalue weighted by Gasteiger charge is -2.26. The van der Waals surface area contributed by atoms with Crippen molar-refractivity contribution in [2.24, 2.45) is 5.73 Å². The molecule has 1 aliphatic rings. The fourth-order valence-electron chi connectivity index (χ4n) is 1.77. The van der Waals surface area contributed by atoms with E-state index in [2.05, 4.69) is 10.2 Å². The minimum Gasteiger partial charge on any atom is -0.462 e. The minimum absolute atomic E-state index is 0.341. The number of nitrogens with zero attached hydrogens (tertiary/aromatic N) is 1. The van der Waals surface area contributed by atoms with Crippen LogP contribution in [0, 0.1) is 0 Å². The molecule has 0 amide bonds. The number of nitrogens with two attached hydrogens (primary N) is 1. The Kier molecular flexibility index (Phi) is 6.65. The summed E-state index contributed by atoms with van der Waals surface area (Å²) in [5, 5.41) is 3.32. The second-order valence-corrected chi connectivity index (χ2v) is 4.35. The minimum atomic E-state index is -0.341. The summed E-state index contributed by atoms with van der Waals surface area (Å²) in [4.78, 5) is 13.6. The molecule has 1 fully saturated rings. The van der Waals surface area contributed by atoms with E-state index >= 15 is 0 Å². The summed E-state index contributed by atoms with van der Waals surface area (Å²) in [6.07, 6.45) is 3.29.